The molecule has 0 bridgehead atoms. The Balaban J connectivity index is 2.00. The molecule has 1 atom stereocenters. The highest BCUT2D eigenvalue weighted by molar-refractivity contribution is 9.10. The summed E-state index contributed by atoms with van der Waals surface area (Å²) in [5.41, 5.74) is 0. The van der Waals surface area contributed by atoms with Crippen molar-refractivity contribution >= 4 is 27.3 Å². The Labute approximate surface area is 115 Å². The largest absolute Gasteiger partial charge is 0.295 e. The van der Waals surface area contributed by atoms with Crippen LogP contribution in [-0.4, -0.2) is 6.04 Å². The molecule has 2 nitrogen and oxygen atoms in total. The van der Waals surface area contributed by atoms with Gasteiger partial charge in [-0.05, 0) is 40.2 Å². The zero-order valence-electron chi connectivity index (χ0n) is 9.79. The van der Waals surface area contributed by atoms with Gasteiger partial charge in [-0.3, -0.25) is 5.32 Å². The van der Waals surface area contributed by atoms with E-state index in [2.05, 4.69) is 27.3 Å². The number of nitrogens with one attached hydrogen (secondary N) is 1. The molecule has 0 saturated heterocycles. The van der Waals surface area contributed by atoms with Gasteiger partial charge in [-0.2, -0.15) is 5.26 Å². The monoisotopic (exact) mass is 312 g/mol. The third-order valence-corrected chi connectivity index (χ3v) is 5.23. The van der Waals surface area contributed by atoms with Crippen molar-refractivity contribution in [1.29, 1.82) is 5.26 Å². The lowest BCUT2D eigenvalue weighted by Crippen LogP contribution is -2.31. The Morgan fingerprint density at radius 1 is 1.35 bits per heavy atom. The Kier molecular flexibility index (Phi) is 5.02. The molecule has 0 spiro atoms. The van der Waals surface area contributed by atoms with E-state index >= 15 is 0 Å². The Morgan fingerprint density at radius 3 is 2.59 bits per heavy atom. The maximum atomic E-state index is 9.30. The summed E-state index contributed by atoms with van der Waals surface area (Å²) in [6.45, 7) is 0. The first-order valence-electron chi connectivity index (χ1n) is 6.20. The van der Waals surface area contributed by atoms with Crippen LogP contribution in [0.3, 0.4) is 0 Å². The fraction of sp³-hybridized carbons (Fsp3) is 0.615. The molecule has 0 radical (unpaired) electrons. The zero-order valence-corrected chi connectivity index (χ0v) is 12.2. The van der Waals surface area contributed by atoms with E-state index in [4.69, 9.17) is 0 Å². The highest BCUT2D eigenvalue weighted by atomic mass is 79.9. The van der Waals surface area contributed by atoms with E-state index in [0.717, 1.165) is 9.35 Å². The third-order valence-electron chi connectivity index (χ3n) is 3.29. The van der Waals surface area contributed by atoms with Crippen LogP contribution in [0.2, 0.25) is 0 Å². The smallest absolute Gasteiger partial charge is 0.131 e. The molecule has 1 fully saturated rings. The first-order valence-corrected chi connectivity index (χ1v) is 7.87. The normalized spacial score (nSPS) is 19.5. The van der Waals surface area contributed by atoms with Gasteiger partial charge in [0.1, 0.15) is 6.04 Å². The molecule has 1 aliphatic rings. The summed E-state index contributed by atoms with van der Waals surface area (Å²) in [5.74, 6) is 0. The quantitative estimate of drug-likeness (QED) is 0.840. The molecule has 1 N–H and O–H groups in total. The predicted molar refractivity (Wildman–Crippen MR) is 75.0 cm³/mol. The average Bonchev–Trinajstić information content (AvgIpc) is 2.62. The summed E-state index contributed by atoms with van der Waals surface area (Å²) >= 11 is 5.15. The fourth-order valence-electron chi connectivity index (χ4n) is 2.36. The second kappa shape index (κ2) is 6.53. The molecular weight excluding hydrogens is 296 g/mol. The van der Waals surface area contributed by atoms with Gasteiger partial charge in [0.2, 0.25) is 0 Å². The minimum absolute atomic E-state index is 0.160. The molecule has 0 aliphatic heterocycles. The van der Waals surface area contributed by atoms with Gasteiger partial charge >= 0.3 is 0 Å². The van der Waals surface area contributed by atoms with Crippen LogP contribution in [0, 0.1) is 11.3 Å². The molecule has 1 aromatic rings. The standard InChI is InChI=1S/C13H17BrN2S/c14-11-7-8-17-13(11)12(9-15)16-10-5-3-1-2-4-6-10/h7-8,10,12,16H,1-6H2. The molecule has 1 saturated carbocycles. The number of thiophene rings is 1. The van der Waals surface area contributed by atoms with Crippen molar-refractivity contribution in [3.63, 3.8) is 0 Å². The number of nitrogens with zero attached hydrogens (tertiary/aromatic N) is 1. The van der Waals surface area contributed by atoms with E-state index in [1.807, 2.05) is 11.4 Å². The SMILES string of the molecule is N#CC(NC1CCCCCC1)c1sccc1Br. The molecule has 1 aliphatic carbocycles. The molecule has 4 heteroatoms. The van der Waals surface area contributed by atoms with Crippen LogP contribution in [0.1, 0.15) is 49.4 Å². The highest BCUT2D eigenvalue weighted by Crippen LogP contribution is 2.30. The van der Waals surface area contributed by atoms with E-state index in [9.17, 15) is 5.26 Å². The van der Waals surface area contributed by atoms with Crippen molar-refractivity contribution in [3.8, 4) is 6.07 Å². The van der Waals surface area contributed by atoms with Crippen molar-refractivity contribution in [2.45, 2.75) is 50.6 Å². The van der Waals surface area contributed by atoms with Crippen molar-refractivity contribution in [2.24, 2.45) is 0 Å². The fourth-order valence-corrected chi connectivity index (χ4v) is 3.97. The van der Waals surface area contributed by atoms with E-state index in [-0.39, 0.29) is 6.04 Å². The Morgan fingerprint density at radius 2 is 2.06 bits per heavy atom. The number of hydrogen-bond donors (Lipinski definition) is 1. The summed E-state index contributed by atoms with van der Waals surface area (Å²) in [7, 11) is 0. The van der Waals surface area contributed by atoms with Crippen LogP contribution >= 0.6 is 27.3 Å². The number of hydrogen-bond acceptors (Lipinski definition) is 3. The van der Waals surface area contributed by atoms with E-state index in [0.29, 0.717) is 6.04 Å². The Hall–Kier alpha value is -0.370. The van der Waals surface area contributed by atoms with Crippen LogP contribution < -0.4 is 5.32 Å². The Bertz CT molecular complexity index is 388. The van der Waals surface area contributed by atoms with Gasteiger partial charge in [-0.1, -0.05) is 25.7 Å². The van der Waals surface area contributed by atoms with E-state index in [1.54, 1.807) is 11.3 Å². The van der Waals surface area contributed by atoms with Crippen LogP contribution in [0.5, 0.6) is 0 Å². The third kappa shape index (κ3) is 3.54. The van der Waals surface area contributed by atoms with Crippen molar-refractivity contribution < 1.29 is 0 Å². The topological polar surface area (TPSA) is 35.8 Å². The lowest BCUT2D eigenvalue weighted by molar-refractivity contribution is 0.438. The molecule has 1 unspecified atom stereocenters. The second-order valence-electron chi connectivity index (χ2n) is 4.55. The average molecular weight is 313 g/mol. The molecule has 92 valence electrons. The summed E-state index contributed by atoms with van der Waals surface area (Å²) in [6.07, 6.45) is 7.70. The lowest BCUT2D eigenvalue weighted by atomic mass is 10.1. The van der Waals surface area contributed by atoms with Gasteiger partial charge in [0.25, 0.3) is 0 Å². The molecular formula is C13H17BrN2S. The molecule has 1 heterocycles. The van der Waals surface area contributed by atoms with Crippen LogP contribution in [-0.2, 0) is 0 Å². The van der Waals surface area contributed by atoms with E-state index < -0.39 is 0 Å². The summed E-state index contributed by atoms with van der Waals surface area (Å²) in [4.78, 5) is 1.11. The van der Waals surface area contributed by atoms with Gasteiger partial charge in [0.05, 0.1) is 10.9 Å². The summed E-state index contributed by atoms with van der Waals surface area (Å²) < 4.78 is 1.05. The minimum atomic E-state index is -0.160. The molecule has 0 amide bonds. The van der Waals surface area contributed by atoms with E-state index in [1.165, 1.54) is 38.5 Å². The maximum absolute atomic E-state index is 9.30. The number of rotatable bonds is 3. The van der Waals surface area contributed by atoms with Crippen molar-refractivity contribution in [2.75, 3.05) is 0 Å². The van der Waals surface area contributed by atoms with Gasteiger partial charge in [-0.15, -0.1) is 11.3 Å². The molecule has 0 aromatic carbocycles. The first-order chi connectivity index (χ1) is 8.31. The van der Waals surface area contributed by atoms with Crippen LogP contribution in [0.15, 0.2) is 15.9 Å². The van der Waals surface area contributed by atoms with Crippen molar-refractivity contribution in [1.82, 2.24) is 5.32 Å². The second-order valence-corrected chi connectivity index (χ2v) is 6.35. The van der Waals surface area contributed by atoms with Gasteiger partial charge in [0, 0.05) is 10.5 Å². The van der Waals surface area contributed by atoms with Crippen LogP contribution in [0.4, 0.5) is 0 Å². The first kappa shape index (κ1) is 13.1. The van der Waals surface area contributed by atoms with Crippen molar-refractivity contribution in [3.05, 3.63) is 20.8 Å². The minimum Gasteiger partial charge on any atom is -0.295 e. The maximum Gasteiger partial charge on any atom is 0.131 e. The van der Waals surface area contributed by atoms with Gasteiger partial charge in [-0.25, -0.2) is 0 Å². The number of nitriles is 1. The molecule has 2 rings (SSSR count). The lowest BCUT2D eigenvalue weighted by Gasteiger charge is -2.19. The molecule has 17 heavy (non-hydrogen) atoms. The highest BCUT2D eigenvalue weighted by Gasteiger charge is 2.20. The zero-order chi connectivity index (χ0) is 12.1. The summed E-state index contributed by atoms with van der Waals surface area (Å²) in [6, 6.07) is 4.75. The molecule has 1 aromatic heterocycles. The number of halogens is 1. The predicted octanol–water partition coefficient (Wildman–Crippen LogP) is 4.39. The van der Waals surface area contributed by atoms with Gasteiger partial charge in [0.15, 0.2) is 0 Å². The van der Waals surface area contributed by atoms with Gasteiger partial charge < -0.3 is 0 Å². The summed E-state index contributed by atoms with van der Waals surface area (Å²) in [5, 5.41) is 14.8. The van der Waals surface area contributed by atoms with Crippen LogP contribution in [0.25, 0.3) is 0 Å².